The van der Waals surface area contributed by atoms with Gasteiger partial charge in [0.05, 0.1) is 0 Å². The largest absolute Gasteiger partial charge is 0.451 e. The van der Waals surface area contributed by atoms with Gasteiger partial charge in [0.25, 0.3) is 5.91 Å². The Labute approximate surface area is 112 Å². The Bertz CT molecular complexity index is 450. The molecule has 0 radical (unpaired) electrons. The number of esters is 1. The number of hydrogen-bond donors (Lipinski definition) is 1. The topological polar surface area (TPSA) is 73.2 Å². The summed E-state index contributed by atoms with van der Waals surface area (Å²) >= 11 is 0. The van der Waals surface area contributed by atoms with Gasteiger partial charge in [-0.15, -0.1) is 0 Å². The van der Waals surface area contributed by atoms with Crippen LogP contribution in [-0.2, 0) is 16.6 Å². The van der Waals surface area contributed by atoms with Gasteiger partial charge in [-0.05, 0) is 18.9 Å². The van der Waals surface area contributed by atoms with E-state index in [0.29, 0.717) is 5.69 Å². The average molecular weight is 265 g/mol. The molecule has 0 aliphatic heterocycles. The van der Waals surface area contributed by atoms with E-state index in [-0.39, 0.29) is 18.6 Å². The Hall–Kier alpha value is -1.85. The molecule has 6 nitrogen and oxygen atoms in total. The van der Waals surface area contributed by atoms with Gasteiger partial charge in [-0.2, -0.15) is 5.10 Å². The number of ether oxygens (including phenoxy) is 1. The van der Waals surface area contributed by atoms with E-state index >= 15 is 0 Å². The summed E-state index contributed by atoms with van der Waals surface area (Å²) in [7, 11) is 1.65. The molecule has 0 atom stereocenters. The van der Waals surface area contributed by atoms with Crippen molar-refractivity contribution in [3.63, 3.8) is 0 Å². The van der Waals surface area contributed by atoms with E-state index in [1.807, 2.05) is 0 Å². The molecule has 6 heteroatoms. The fraction of sp³-hybridized carbons (Fsp3) is 0.615. The maximum atomic E-state index is 11.7. The quantitative estimate of drug-likeness (QED) is 0.825. The van der Waals surface area contributed by atoms with Gasteiger partial charge in [-0.3, -0.25) is 9.48 Å². The summed E-state index contributed by atoms with van der Waals surface area (Å²) in [5, 5.41) is 6.77. The molecular formula is C13H19N3O3. The predicted octanol–water partition coefficient (Wildman–Crippen LogP) is 1.03. The molecule has 1 saturated carbocycles. The summed E-state index contributed by atoms with van der Waals surface area (Å²) in [5.41, 5.74) is 0.338. The van der Waals surface area contributed by atoms with Gasteiger partial charge in [0.2, 0.25) is 0 Å². The van der Waals surface area contributed by atoms with Crippen molar-refractivity contribution < 1.29 is 14.3 Å². The zero-order valence-corrected chi connectivity index (χ0v) is 11.1. The fourth-order valence-corrected chi connectivity index (χ4v) is 2.30. The number of aromatic nitrogens is 2. The molecule has 0 bridgehead atoms. The molecule has 1 aromatic heterocycles. The van der Waals surface area contributed by atoms with Gasteiger partial charge in [0.15, 0.2) is 6.61 Å². The molecule has 19 heavy (non-hydrogen) atoms. The van der Waals surface area contributed by atoms with Crippen LogP contribution in [0, 0.1) is 0 Å². The normalized spacial score (nSPS) is 16.1. The molecule has 1 fully saturated rings. The van der Waals surface area contributed by atoms with Gasteiger partial charge in [-0.25, -0.2) is 4.79 Å². The van der Waals surface area contributed by atoms with Crippen molar-refractivity contribution in [2.24, 2.45) is 7.05 Å². The van der Waals surface area contributed by atoms with Crippen molar-refractivity contribution in [3.05, 3.63) is 18.0 Å². The van der Waals surface area contributed by atoms with Crippen molar-refractivity contribution in [1.82, 2.24) is 15.1 Å². The van der Waals surface area contributed by atoms with Crippen LogP contribution in [0.3, 0.4) is 0 Å². The average Bonchev–Trinajstić information content (AvgIpc) is 2.83. The Morgan fingerprint density at radius 1 is 1.42 bits per heavy atom. The number of carbonyl (C=O) groups is 2. The summed E-state index contributed by atoms with van der Waals surface area (Å²) in [6.07, 6.45) is 7.09. The van der Waals surface area contributed by atoms with Crippen LogP contribution in [-0.4, -0.2) is 34.3 Å². The number of amides is 1. The summed E-state index contributed by atoms with van der Waals surface area (Å²) in [6, 6.07) is 1.79. The molecule has 0 aromatic carbocycles. The third-order valence-corrected chi connectivity index (χ3v) is 3.33. The van der Waals surface area contributed by atoms with Gasteiger partial charge in [-0.1, -0.05) is 19.3 Å². The molecule has 1 N–H and O–H groups in total. The van der Waals surface area contributed by atoms with E-state index in [2.05, 4.69) is 10.4 Å². The molecule has 1 amide bonds. The Balaban J connectivity index is 1.74. The third-order valence-electron chi connectivity index (χ3n) is 3.33. The molecule has 0 spiro atoms. The van der Waals surface area contributed by atoms with E-state index in [4.69, 9.17) is 4.74 Å². The maximum Gasteiger partial charge on any atom is 0.357 e. The van der Waals surface area contributed by atoms with Crippen molar-refractivity contribution >= 4 is 11.9 Å². The molecule has 1 aliphatic rings. The second kappa shape index (κ2) is 6.36. The molecule has 0 unspecified atom stereocenters. The molecule has 1 aromatic rings. The zero-order valence-electron chi connectivity index (χ0n) is 11.1. The van der Waals surface area contributed by atoms with E-state index in [0.717, 1.165) is 25.7 Å². The monoisotopic (exact) mass is 265 g/mol. The van der Waals surface area contributed by atoms with Gasteiger partial charge in [0, 0.05) is 19.3 Å². The van der Waals surface area contributed by atoms with Crippen molar-refractivity contribution in [2.75, 3.05) is 6.61 Å². The van der Waals surface area contributed by atoms with Gasteiger partial charge in [0.1, 0.15) is 5.69 Å². The number of aryl methyl sites for hydroxylation is 1. The second-order valence-corrected chi connectivity index (χ2v) is 4.82. The summed E-state index contributed by atoms with van der Waals surface area (Å²) in [5.74, 6) is -0.763. The molecule has 1 aliphatic carbocycles. The van der Waals surface area contributed by atoms with Crippen molar-refractivity contribution in [1.29, 1.82) is 0 Å². The molecule has 0 saturated heterocycles. The fourth-order valence-electron chi connectivity index (χ4n) is 2.30. The second-order valence-electron chi connectivity index (χ2n) is 4.82. The van der Waals surface area contributed by atoms with E-state index in [1.54, 1.807) is 13.1 Å². The molecular weight excluding hydrogens is 246 g/mol. The van der Waals surface area contributed by atoms with E-state index in [9.17, 15) is 9.59 Å². The lowest BCUT2D eigenvalue weighted by Crippen LogP contribution is -2.38. The van der Waals surface area contributed by atoms with E-state index in [1.165, 1.54) is 17.3 Å². The number of nitrogens with one attached hydrogen (secondary N) is 1. The number of carbonyl (C=O) groups excluding carboxylic acids is 2. The summed E-state index contributed by atoms with van der Waals surface area (Å²) in [4.78, 5) is 23.3. The highest BCUT2D eigenvalue weighted by atomic mass is 16.5. The lowest BCUT2D eigenvalue weighted by atomic mass is 9.95. The maximum absolute atomic E-state index is 11.7. The first-order valence-electron chi connectivity index (χ1n) is 6.61. The van der Waals surface area contributed by atoms with Gasteiger partial charge >= 0.3 is 5.97 Å². The highest BCUT2D eigenvalue weighted by molar-refractivity contribution is 5.89. The number of hydrogen-bond acceptors (Lipinski definition) is 4. The lowest BCUT2D eigenvalue weighted by molar-refractivity contribution is -0.125. The highest BCUT2D eigenvalue weighted by Gasteiger charge is 2.17. The van der Waals surface area contributed by atoms with Crippen LogP contribution in [0.2, 0.25) is 0 Å². The summed E-state index contributed by atoms with van der Waals surface area (Å²) < 4.78 is 6.38. The first kappa shape index (κ1) is 13.6. The minimum absolute atomic E-state index is 0.233. The third kappa shape index (κ3) is 3.81. The van der Waals surface area contributed by atoms with Crippen LogP contribution in [0.25, 0.3) is 0 Å². The highest BCUT2D eigenvalue weighted by Crippen LogP contribution is 2.17. The molecule has 1 heterocycles. The first-order chi connectivity index (χ1) is 9.16. The zero-order chi connectivity index (χ0) is 13.7. The van der Waals surface area contributed by atoms with Crippen LogP contribution in [0.1, 0.15) is 42.6 Å². The Kier molecular flexibility index (Phi) is 4.54. The lowest BCUT2D eigenvalue weighted by Gasteiger charge is -2.22. The first-order valence-corrected chi connectivity index (χ1v) is 6.61. The Morgan fingerprint density at radius 3 is 2.79 bits per heavy atom. The van der Waals surface area contributed by atoms with Crippen LogP contribution in [0.4, 0.5) is 0 Å². The van der Waals surface area contributed by atoms with Crippen molar-refractivity contribution in [2.45, 2.75) is 38.1 Å². The number of nitrogens with zero attached hydrogens (tertiary/aromatic N) is 2. The predicted molar refractivity (Wildman–Crippen MR) is 68.5 cm³/mol. The van der Waals surface area contributed by atoms with Crippen LogP contribution >= 0.6 is 0 Å². The van der Waals surface area contributed by atoms with E-state index < -0.39 is 5.97 Å². The summed E-state index contributed by atoms with van der Waals surface area (Å²) in [6.45, 7) is -0.236. The molecule has 2 rings (SSSR count). The number of rotatable bonds is 4. The Morgan fingerprint density at radius 2 is 2.16 bits per heavy atom. The van der Waals surface area contributed by atoms with Gasteiger partial charge < -0.3 is 10.1 Å². The minimum atomic E-state index is -0.529. The van der Waals surface area contributed by atoms with Crippen LogP contribution < -0.4 is 5.32 Å². The smallest absolute Gasteiger partial charge is 0.357 e. The van der Waals surface area contributed by atoms with Crippen LogP contribution in [0.5, 0.6) is 0 Å². The van der Waals surface area contributed by atoms with Crippen LogP contribution in [0.15, 0.2) is 12.3 Å². The molecule has 104 valence electrons. The van der Waals surface area contributed by atoms with Crippen molar-refractivity contribution in [3.8, 4) is 0 Å². The standard InChI is InChI=1S/C13H19N3O3/c1-16-11(7-8-14-16)13(18)19-9-12(17)15-10-5-3-2-4-6-10/h7-8,10H,2-6,9H2,1H3,(H,15,17). The SMILES string of the molecule is Cn1nccc1C(=O)OCC(=O)NC1CCCCC1. The minimum Gasteiger partial charge on any atom is -0.451 e.